The van der Waals surface area contributed by atoms with Gasteiger partial charge in [-0.15, -0.1) is 11.6 Å². The highest BCUT2D eigenvalue weighted by atomic mass is 35.5. The number of fused-ring (bicyclic) bond motifs is 1. The van der Waals surface area contributed by atoms with Gasteiger partial charge >= 0.3 is 0 Å². The van der Waals surface area contributed by atoms with Crippen molar-refractivity contribution in [2.75, 3.05) is 0 Å². The monoisotopic (exact) mass is 266 g/mol. The molecule has 3 rings (SSSR count). The van der Waals surface area contributed by atoms with E-state index in [9.17, 15) is 4.39 Å². The van der Waals surface area contributed by atoms with Crippen LogP contribution in [0.4, 0.5) is 4.39 Å². The van der Waals surface area contributed by atoms with E-state index < -0.39 is 0 Å². The predicted octanol–water partition coefficient (Wildman–Crippen LogP) is 4.45. The van der Waals surface area contributed by atoms with Crippen LogP contribution in [0.5, 0.6) is 0 Å². The molecular weight excluding hydrogens is 251 g/mol. The van der Waals surface area contributed by atoms with Crippen LogP contribution in [-0.4, -0.2) is 9.55 Å². The van der Waals surface area contributed by atoms with Gasteiger partial charge in [-0.3, -0.25) is 0 Å². The van der Waals surface area contributed by atoms with Crippen molar-refractivity contribution >= 4 is 22.6 Å². The first-order chi connectivity index (χ1) is 8.42. The smallest absolute Gasteiger partial charge is 0.149 e. The maximum atomic E-state index is 14.1. The average Bonchev–Trinajstić information content (AvgIpc) is 2.73. The van der Waals surface area contributed by atoms with Crippen LogP contribution in [0.2, 0.25) is 0 Å². The molecule has 0 bridgehead atoms. The van der Waals surface area contributed by atoms with Crippen molar-refractivity contribution in [3.05, 3.63) is 29.8 Å². The van der Waals surface area contributed by atoms with E-state index in [1.54, 1.807) is 6.07 Å². The number of benzene rings is 1. The summed E-state index contributed by atoms with van der Waals surface area (Å²) in [5, 5.41) is -0.215. The summed E-state index contributed by atoms with van der Waals surface area (Å²) in [5.74, 6) is 0.554. The molecule has 2 nitrogen and oxygen atoms in total. The maximum Gasteiger partial charge on any atom is 0.149 e. The fraction of sp³-hybridized carbons (Fsp3) is 0.500. The quantitative estimate of drug-likeness (QED) is 0.735. The van der Waals surface area contributed by atoms with E-state index in [0.717, 1.165) is 12.2 Å². The molecule has 1 heterocycles. The topological polar surface area (TPSA) is 17.8 Å². The summed E-state index contributed by atoms with van der Waals surface area (Å²) < 4.78 is 16.1. The van der Waals surface area contributed by atoms with Crippen molar-refractivity contribution < 1.29 is 4.39 Å². The third-order valence-electron chi connectivity index (χ3n) is 3.82. The maximum absolute atomic E-state index is 14.1. The van der Waals surface area contributed by atoms with Gasteiger partial charge in [-0.1, -0.05) is 19.9 Å². The van der Waals surface area contributed by atoms with Gasteiger partial charge in [0.2, 0.25) is 0 Å². The van der Waals surface area contributed by atoms with Crippen LogP contribution in [0.3, 0.4) is 0 Å². The second-order valence-electron chi connectivity index (χ2n) is 5.77. The summed E-state index contributed by atoms with van der Waals surface area (Å²) in [6, 6.07) is 5.32. The standard InChI is InChI=1S/C14H16ClFN2/c1-8(15)13-17-10-6-4-5-9(16)12(10)18(13)11-7-14(11,2)3/h4-6,8,11H,7H2,1-3H3. The largest absolute Gasteiger partial charge is 0.321 e. The minimum absolute atomic E-state index is 0.205. The van der Waals surface area contributed by atoms with Crippen LogP contribution in [0.1, 0.15) is 44.4 Å². The average molecular weight is 267 g/mol. The fourth-order valence-electron chi connectivity index (χ4n) is 2.60. The Labute approximate surface area is 111 Å². The molecule has 1 fully saturated rings. The number of aromatic nitrogens is 2. The first-order valence-corrected chi connectivity index (χ1v) is 6.66. The van der Waals surface area contributed by atoms with E-state index in [-0.39, 0.29) is 16.6 Å². The van der Waals surface area contributed by atoms with E-state index in [2.05, 4.69) is 18.8 Å². The number of nitrogens with zero attached hydrogens (tertiary/aromatic N) is 2. The Bertz CT molecular complexity index is 616. The zero-order valence-corrected chi connectivity index (χ0v) is 11.5. The van der Waals surface area contributed by atoms with Crippen molar-refractivity contribution in [2.45, 2.75) is 38.6 Å². The lowest BCUT2D eigenvalue weighted by Gasteiger charge is -2.12. The van der Waals surface area contributed by atoms with Crippen LogP contribution >= 0.6 is 11.6 Å². The minimum atomic E-state index is -0.216. The van der Waals surface area contributed by atoms with Crippen molar-refractivity contribution in [3.8, 4) is 0 Å². The molecule has 0 aliphatic heterocycles. The zero-order chi connectivity index (χ0) is 13.1. The molecule has 2 atom stereocenters. The van der Waals surface area contributed by atoms with E-state index in [1.165, 1.54) is 6.07 Å². The number of rotatable bonds is 2. The van der Waals surface area contributed by atoms with Gasteiger partial charge in [0.15, 0.2) is 0 Å². The number of hydrogen-bond donors (Lipinski definition) is 0. The molecule has 0 spiro atoms. The van der Waals surface area contributed by atoms with Gasteiger partial charge in [-0.25, -0.2) is 9.37 Å². The van der Waals surface area contributed by atoms with Crippen molar-refractivity contribution in [3.63, 3.8) is 0 Å². The van der Waals surface area contributed by atoms with Gasteiger partial charge in [0, 0.05) is 6.04 Å². The van der Waals surface area contributed by atoms with Crippen LogP contribution in [0.15, 0.2) is 18.2 Å². The molecule has 0 N–H and O–H groups in total. The minimum Gasteiger partial charge on any atom is -0.321 e. The molecule has 18 heavy (non-hydrogen) atoms. The molecule has 1 aromatic heterocycles. The van der Waals surface area contributed by atoms with Crippen LogP contribution < -0.4 is 0 Å². The van der Waals surface area contributed by atoms with Crippen LogP contribution in [-0.2, 0) is 0 Å². The zero-order valence-electron chi connectivity index (χ0n) is 10.7. The van der Waals surface area contributed by atoms with Crippen LogP contribution in [0, 0.1) is 11.2 Å². The number of hydrogen-bond acceptors (Lipinski definition) is 1. The molecule has 1 saturated carbocycles. The molecule has 0 saturated heterocycles. The molecule has 2 aromatic rings. The summed E-state index contributed by atoms with van der Waals surface area (Å²) >= 11 is 6.19. The molecule has 0 amide bonds. The van der Waals surface area contributed by atoms with Crippen molar-refractivity contribution in [1.29, 1.82) is 0 Å². The summed E-state index contributed by atoms with van der Waals surface area (Å²) in [7, 11) is 0. The summed E-state index contributed by atoms with van der Waals surface area (Å²) in [6.45, 7) is 6.26. The second-order valence-corrected chi connectivity index (χ2v) is 6.43. The summed E-state index contributed by atoms with van der Waals surface area (Å²) in [4.78, 5) is 4.49. The highest BCUT2D eigenvalue weighted by Gasteiger charge is 2.49. The molecule has 1 aromatic carbocycles. The summed E-state index contributed by atoms with van der Waals surface area (Å²) in [5.41, 5.74) is 1.49. The number of imidazole rings is 1. The Morgan fingerprint density at radius 1 is 1.50 bits per heavy atom. The fourth-order valence-corrected chi connectivity index (χ4v) is 2.75. The Morgan fingerprint density at radius 3 is 2.72 bits per heavy atom. The first-order valence-electron chi connectivity index (χ1n) is 6.22. The second kappa shape index (κ2) is 3.70. The highest BCUT2D eigenvalue weighted by molar-refractivity contribution is 6.20. The predicted molar refractivity (Wildman–Crippen MR) is 71.4 cm³/mol. The van der Waals surface area contributed by atoms with E-state index >= 15 is 0 Å². The highest BCUT2D eigenvalue weighted by Crippen LogP contribution is 2.57. The normalized spacial score (nSPS) is 23.3. The first kappa shape index (κ1) is 12.0. The lowest BCUT2D eigenvalue weighted by molar-refractivity contribution is 0.528. The van der Waals surface area contributed by atoms with Gasteiger partial charge in [-0.2, -0.15) is 0 Å². The number of halogens is 2. The number of alkyl halides is 1. The lowest BCUT2D eigenvalue weighted by Crippen LogP contribution is -2.06. The SMILES string of the molecule is CC(Cl)c1nc2cccc(F)c2n1C1CC1(C)C. The van der Waals surface area contributed by atoms with Gasteiger partial charge in [0.1, 0.15) is 17.2 Å². The van der Waals surface area contributed by atoms with Crippen molar-refractivity contribution in [2.24, 2.45) is 5.41 Å². The molecule has 1 aliphatic rings. The lowest BCUT2D eigenvalue weighted by atomic mass is 10.2. The number of para-hydroxylation sites is 1. The van der Waals surface area contributed by atoms with E-state index in [0.29, 0.717) is 17.1 Å². The molecule has 1 aliphatic carbocycles. The molecular formula is C14H16ClFN2. The van der Waals surface area contributed by atoms with Crippen LogP contribution in [0.25, 0.3) is 11.0 Å². The Morgan fingerprint density at radius 2 is 2.17 bits per heavy atom. The Hall–Kier alpha value is -1.09. The van der Waals surface area contributed by atoms with Gasteiger partial charge in [-0.05, 0) is 30.9 Å². The van der Waals surface area contributed by atoms with E-state index in [4.69, 9.17) is 11.6 Å². The third kappa shape index (κ3) is 1.64. The van der Waals surface area contributed by atoms with Gasteiger partial charge < -0.3 is 4.57 Å². The molecule has 4 heteroatoms. The summed E-state index contributed by atoms with van der Waals surface area (Å²) in [6.07, 6.45) is 1.05. The van der Waals surface area contributed by atoms with Gasteiger partial charge in [0.25, 0.3) is 0 Å². The van der Waals surface area contributed by atoms with Gasteiger partial charge in [0.05, 0.1) is 10.9 Å². The third-order valence-corrected chi connectivity index (χ3v) is 4.01. The molecule has 0 radical (unpaired) electrons. The van der Waals surface area contributed by atoms with E-state index in [1.807, 2.05) is 17.6 Å². The Kier molecular flexibility index (Phi) is 2.46. The van der Waals surface area contributed by atoms with Crippen molar-refractivity contribution in [1.82, 2.24) is 9.55 Å². The Balaban J connectivity index is 2.29. The molecule has 2 unspecified atom stereocenters. The molecule has 96 valence electrons.